The number of aryl methyl sites for hydroxylation is 1. The number of nitrogens with zero attached hydrogens (tertiary/aromatic N) is 1. The van der Waals surface area contributed by atoms with Crippen LogP contribution in [0.25, 0.3) is 0 Å². The van der Waals surface area contributed by atoms with E-state index >= 15 is 0 Å². The molecule has 0 aromatic heterocycles. The summed E-state index contributed by atoms with van der Waals surface area (Å²) in [5.74, 6) is 0.223. The Bertz CT molecular complexity index is 627. The molecule has 1 N–H and O–H groups in total. The van der Waals surface area contributed by atoms with Crippen molar-refractivity contribution in [2.45, 2.75) is 50.6 Å². The van der Waals surface area contributed by atoms with Gasteiger partial charge in [0.1, 0.15) is 0 Å². The van der Waals surface area contributed by atoms with E-state index in [2.05, 4.69) is 17.4 Å². The number of fused-ring (bicyclic) bond motifs is 3. The molecule has 1 spiro atoms. The zero-order chi connectivity index (χ0) is 14.6. The van der Waals surface area contributed by atoms with Crippen molar-refractivity contribution in [3.63, 3.8) is 0 Å². The van der Waals surface area contributed by atoms with Crippen LogP contribution >= 0.6 is 0 Å². The Hall–Kier alpha value is -1.84. The summed E-state index contributed by atoms with van der Waals surface area (Å²) in [6, 6.07) is 8.27. The predicted molar refractivity (Wildman–Crippen MR) is 79.9 cm³/mol. The normalized spacial score (nSPS) is 32.8. The smallest absolute Gasteiger partial charge is 0.232 e. The Morgan fingerprint density at radius 2 is 2.19 bits per heavy atom. The number of benzene rings is 1. The zero-order valence-electron chi connectivity index (χ0n) is 12.3. The van der Waals surface area contributed by atoms with E-state index in [9.17, 15) is 9.59 Å². The molecule has 2 amide bonds. The lowest BCUT2D eigenvalue weighted by Gasteiger charge is -2.45. The molecule has 0 unspecified atom stereocenters. The Balaban J connectivity index is 1.68. The number of rotatable bonds is 2. The van der Waals surface area contributed by atoms with Crippen LogP contribution < -0.4 is 10.2 Å². The lowest BCUT2D eigenvalue weighted by molar-refractivity contribution is -0.125. The molecule has 2 heterocycles. The highest BCUT2D eigenvalue weighted by molar-refractivity contribution is 6.02. The van der Waals surface area contributed by atoms with Crippen molar-refractivity contribution < 1.29 is 9.59 Å². The number of carbonyl (C=O) groups is 2. The molecule has 2 bridgehead atoms. The van der Waals surface area contributed by atoms with Crippen molar-refractivity contribution in [1.82, 2.24) is 5.32 Å². The zero-order valence-corrected chi connectivity index (χ0v) is 12.3. The van der Waals surface area contributed by atoms with Gasteiger partial charge in [-0.25, -0.2) is 0 Å². The van der Waals surface area contributed by atoms with E-state index in [1.54, 1.807) is 0 Å². The Morgan fingerprint density at radius 1 is 1.38 bits per heavy atom. The summed E-state index contributed by atoms with van der Waals surface area (Å²) in [6.07, 6.45) is 4.33. The highest BCUT2D eigenvalue weighted by Crippen LogP contribution is 2.54. The molecule has 1 saturated carbocycles. The predicted octanol–water partition coefficient (Wildman–Crippen LogP) is 2.02. The van der Waals surface area contributed by atoms with Gasteiger partial charge in [0.05, 0.1) is 11.5 Å². The molecule has 21 heavy (non-hydrogen) atoms. The largest absolute Gasteiger partial charge is 0.352 e. The third-order valence-electron chi connectivity index (χ3n) is 5.46. The summed E-state index contributed by atoms with van der Waals surface area (Å²) in [7, 11) is 0. The van der Waals surface area contributed by atoms with Crippen LogP contribution in [0.1, 0.15) is 38.2 Å². The van der Waals surface area contributed by atoms with Crippen molar-refractivity contribution >= 4 is 17.5 Å². The van der Waals surface area contributed by atoms with E-state index in [0.29, 0.717) is 6.42 Å². The SMILES string of the molecule is CCC(=O)N[C@@H]1C[C@@]23CCc4ccccc4N2C(=O)[C@@H]1C3. The molecule has 4 nitrogen and oxygen atoms in total. The number of nitrogens with one attached hydrogen (secondary N) is 1. The molecule has 1 aromatic carbocycles. The minimum absolute atomic E-state index is 0.0338. The maximum absolute atomic E-state index is 12.8. The molecule has 2 aliphatic heterocycles. The maximum Gasteiger partial charge on any atom is 0.232 e. The topological polar surface area (TPSA) is 49.4 Å². The first kappa shape index (κ1) is 12.9. The molecule has 3 atom stereocenters. The number of hydrogen-bond donors (Lipinski definition) is 1. The summed E-state index contributed by atoms with van der Waals surface area (Å²) < 4.78 is 0. The number of amides is 2. The summed E-state index contributed by atoms with van der Waals surface area (Å²) in [6.45, 7) is 1.85. The van der Waals surface area contributed by atoms with Crippen LogP contribution in [0.5, 0.6) is 0 Å². The van der Waals surface area contributed by atoms with Crippen LogP contribution in [0, 0.1) is 5.92 Å². The van der Waals surface area contributed by atoms with Gasteiger partial charge in [0.2, 0.25) is 11.8 Å². The van der Waals surface area contributed by atoms with Crippen molar-refractivity contribution in [3.05, 3.63) is 29.8 Å². The average molecular weight is 284 g/mol. The Kier molecular flexibility index (Phi) is 2.65. The molecular formula is C17H20N2O2. The number of carbonyl (C=O) groups excluding carboxylic acids is 2. The Labute approximate surface area is 124 Å². The number of anilines is 1. The summed E-state index contributed by atoms with van der Waals surface area (Å²) in [5, 5.41) is 3.06. The fourth-order valence-electron chi connectivity index (χ4n) is 4.49. The molecule has 4 heteroatoms. The number of piperidine rings is 1. The third-order valence-corrected chi connectivity index (χ3v) is 5.46. The van der Waals surface area contributed by atoms with E-state index < -0.39 is 0 Å². The molecule has 0 radical (unpaired) electrons. The minimum Gasteiger partial charge on any atom is -0.352 e. The van der Waals surface area contributed by atoms with Gasteiger partial charge in [-0.05, 0) is 37.3 Å². The van der Waals surface area contributed by atoms with Crippen LogP contribution in [-0.4, -0.2) is 23.4 Å². The second-order valence-electron chi connectivity index (χ2n) is 6.57. The van der Waals surface area contributed by atoms with Gasteiger partial charge in [0.15, 0.2) is 0 Å². The van der Waals surface area contributed by atoms with Gasteiger partial charge in [0.25, 0.3) is 0 Å². The van der Waals surface area contributed by atoms with E-state index in [1.165, 1.54) is 5.56 Å². The fourth-order valence-corrected chi connectivity index (χ4v) is 4.49. The van der Waals surface area contributed by atoms with Crippen molar-refractivity contribution in [3.8, 4) is 0 Å². The highest BCUT2D eigenvalue weighted by atomic mass is 16.2. The maximum atomic E-state index is 12.8. The van der Waals surface area contributed by atoms with Gasteiger partial charge >= 0.3 is 0 Å². The first-order chi connectivity index (χ1) is 10.1. The highest BCUT2D eigenvalue weighted by Gasteiger charge is 2.61. The van der Waals surface area contributed by atoms with Crippen molar-refractivity contribution in [1.29, 1.82) is 0 Å². The second-order valence-corrected chi connectivity index (χ2v) is 6.57. The quantitative estimate of drug-likeness (QED) is 0.903. The Morgan fingerprint density at radius 3 is 3.00 bits per heavy atom. The van der Waals surface area contributed by atoms with Crippen LogP contribution in [0.3, 0.4) is 0 Å². The first-order valence-corrected chi connectivity index (χ1v) is 7.86. The third kappa shape index (κ3) is 1.68. The van der Waals surface area contributed by atoms with Gasteiger partial charge in [-0.3, -0.25) is 9.59 Å². The monoisotopic (exact) mass is 284 g/mol. The average Bonchev–Trinajstić information content (AvgIpc) is 2.99. The fraction of sp³-hybridized carbons (Fsp3) is 0.529. The molecule has 2 fully saturated rings. The van der Waals surface area contributed by atoms with Gasteiger partial charge in [-0.1, -0.05) is 25.1 Å². The second kappa shape index (κ2) is 4.33. The summed E-state index contributed by atoms with van der Waals surface area (Å²) >= 11 is 0. The standard InChI is InChI=1S/C17H20N2O2/c1-2-15(20)18-13-10-17-8-7-11-5-3-4-6-14(11)19(17)16(21)12(13)9-17/h3-6,12-13H,2,7-10H2,1H3,(H,18,20)/t12-,13-,17+/m1/s1. The number of hydrogen-bond acceptors (Lipinski definition) is 2. The molecule has 1 aliphatic carbocycles. The van der Waals surface area contributed by atoms with E-state index in [4.69, 9.17) is 0 Å². The molecule has 110 valence electrons. The van der Waals surface area contributed by atoms with E-state index in [0.717, 1.165) is 31.4 Å². The molecule has 1 saturated heterocycles. The minimum atomic E-state index is -0.0538. The molecular weight excluding hydrogens is 264 g/mol. The van der Waals surface area contributed by atoms with Crippen molar-refractivity contribution in [2.75, 3.05) is 4.90 Å². The lowest BCUT2D eigenvalue weighted by atomic mass is 9.83. The molecule has 4 rings (SSSR count). The molecule has 1 aromatic rings. The first-order valence-electron chi connectivity index (χ1n) is 7.86. The van der Waals surface area contributed by atoms with Crippen molar-refractivity contribution in [2.24, 2.45) is 5.92 Å². The van der Waals surface area contributed by atoms with E-state index in [1.807, 2.05) is 24.0 Å². The van der Waals surface area contributed by atoms with Gasteiger partial charge < -0.3 is 10.2 Å². The summed E-state index contributed by atoms with van der Waals surface area (Å²) in [5.41, 5.74) is 2.32. The van der Waals surface area contributed by atoms with Gasteiger partial charge in [0, 0.05) is 18.2 Å². The van der Waals surface area contributed by atoms with Crippen LogP contribution in [0.4, 0.5) is 5.69 Å². The van der Waals surface area contributed by atoms with E-state index in [-0.39, 0.29) is 29.3 Å². The van der Waals surface area contributed by atoms with Crippen LogP contribution in [-0.2, 0) is 16.0 Å². The summed E-state index contributed by atoms with van der Waals surface area (Å²) in [4.78, 5) is 26.5. The molecule has 3 aliphatic rings. The van der Waals surface area contributed by atoms with Crippen LogP contribution in [0.15, 0.2) is 24.3 Å². The van der Waals surface area contributed by atoms with Crippen LogP contribution in [0.2, 0.25) is 0 Å². The number of para-hydroxylation sites is 1. The van der Waals surface area contributed by atoms with Gasteiger partial charge in [-0.2, -0.15) is 0 Å². The lowest BCUT2D eigenvalue weighted by Crippen LogP contribution is -2.56. The van der Waals surface area contributed by atoms with Gasteiger partial charge in [-0.15, -0.1) is 0 Å².